The van der Waals surface area contributed by atoms with Gasteiger partial charge in [-0.2, -0.15) is 0 Å². The maximum absolute atomic E-state index is 12.5. The molecule has 19 heavy (non-hydrogen) atoms. The van der Waals surface area contributed by atoms with Crippen molar-refractivity contribution in [3.05, 3.63) is 23.9 Å². The molecule has 2 fully saturated rings. The lowest BCUT2D eigenvalue weighted by atomic mass is 9.75. The quantitative estimate of drug-likeness (QED) is 0.865. The average Bonchev–Trinajstić information content (AvgIpc) is 2.45. The van der Waals surface area contributed by atoms with Crippen LogP contribution in [0, 0.1) is 0 Å². The second-order valence-corrected chi connectivity index (χ2v) is 5.35. The molecule has 5 nitrogen and oxygen atoms in total. The minimum Gasteiger partial charge on any atom is -0.481 e. The molecule has 3 rings (SSSR count). The minimum absolute atomic E-state index is 0.00618. The molecule has 1 saturated carbocycles. The van der Waals surface area contributed by atoms with Gasteiger partial charge in [-0.1, -0.05) is 6.07 Å². The lowest BCUT2D eigenvalue weighted by Crippen LogP contribution is -2.64. The summed E-state index contributed by atoms with van der Waals surface area (Å²) in [5.74, 6) is 0.492. The summed E-state index contributed by atoms with van der Waals surface area (Å²) in [6.45, 7) is 2.42. The molecule has 0 atom stereocenters. The Morgan fingerprint density at radius 2 is 2.32 bits per heavy atom. The molecule has 1 spiro atoms. The number of ether oxygens (including phenoxy) is 1. The highest BCUT2D eigenvalue weighted by Crippen LogP contribution is 2.34. The van der Waals surface area contributed by atoms with Gasteiger partial charge in [-0.05, 0) is 25.3 Å². The van der Waals surface area contributed by atoms with Gasteiger partial charge in [0.05, 0.1) is 7.11 Å². The number of carbonyl (C=O) groups excluding carboxylic acids is 1. The van der Waals surface area contributed by atoms with Gasteiger partial charge in [-0.3, -0.25) is 4.79 Å². The molecule has 0 radical (unpaired) electrons. The van der Waals surface area contributed by atoms with E-state index in [4.69, 9.17) is 4.74 Å². The van der Waals surface area contributed by atoms with Crippen molar-refractivity contribution in [1.29, 1.82) is 0 Å². The van der Waals surface area contributed by atoms with Crippen molar-refractivity contribution >= 4 is 5.91 Å². The molecule has 0 bridgehead atoms. The van der Waals surface area contributed by atoms with Crippen LogP contribution in [0.15, 0.2) is 18.2 Å². The standard InChI is InChI=1S/C14H19N3O2/c1-19-12-5-2-4-11(16-12)13(18)17-9-8-15-14(10-17)6-3-7-14/h2,4-5,15H,3,6-10H2,1H3. The zero-order valence-electron chi connectivity index (χ0n) is 11.2. The number of piperazine rings is 1. The van der Waals surface area contributed by atoms with E-state index in [1.165, 1.54) is 19.3 Å². The number of nitrogens with one attached hydrogen (secondary N) is 1. The van der Waals surface area contributed by atoms with Crippen molar-refractivity contribution < 1.29 is 9.53 Å². The Labute approximate surface area is 113 Å². The summed E-state index contributed by atoms with van der Waals surface area (Å²) >= 11 is 0. The van der Waals surface area contributed by atoms with Gasteiger partial charge in [0.1, 0.15) is 5.69 Å². The van der Waals surface area contributed by atoms with Crippen LogP contribution in [-0.4, -0.2) is 48.1 Å². The topological polar surface area (TPSA) is 54.5 Å². The summed E-state index contributed by atoms with van der Waals surface area (Å²) < 4.78 is 5.07. The van der Waals surface area contributed by atoms with E-state index in [0.29, 0.717) is 11.6 Å². The molecule has 1 aliphatic heterocycles. The average molecular weight is 261 g/mol. The Kier molecular flexibility index (Phi) is 3.14. The van der Waals surface area contributed by atoms with Gasteiger partial charge in [-0.25, -0.2) is 4.98 Å². The zero-order valence-corrected chi connectivity index (χ0v) is 11.2. The first kappa shape index (κ1) is 12.4. The zero-order chi connectivity index (χ0) is 13.3. The smallest absolute Gasteiger partial charge is 0.272 e. The van der Waals surface area contributed by atoms with Crippen molar-refractivity contribution in [2.75, 3.05) is 26.7 Å². The van der Waals surface area contributed by atoms with Gasteiger partial charge in [0.2, 0.25) is 5.88 Å². The Hall–Kier alpha value is -1.62. The Morgan fingerprint density at radius 1 is 1.47 bits per heavy atom. The summed E-state index contributed by atoms with van der Waals surface area (Å²) in [6.07, 6.45) is 3.59. The van der Waals surface area contributed by atoms with Crippen LogP contribution in [-0.2, 0) is 0 Å². The first-order chi connectivity index (χ1) is 9.22. The van der Waals surface area contributed by atoms with Crippen LogP contribution in [0.2, 0.25) is 0 Å². The van der Waals surface area contributed by atoms with E-state index in [2.05, 4.69) is 10.3 Å². The summed E-state index contributed by atoms with van der Waals surface area (Å²) in [5.41, 5.74) is 0.642. The van der Waals surface area contributed by atoms with E-state index in [1.54, 1.807) is 25.3 Å². The Bertz CT molecular complexity index is 485. The van der Waals surface area contributed by atoms with Gasteiger partial charge >= 0.3 is 0 Å². The maximum Gasteiger partial charge on any atom is 0.272 e. The van der Waals surface area contributed by atoms with Gasteiger partial charge < -0.3 is 15.0 Å². The van der Waals surface area contributed by atoms with Gasteiger partial charge in [0.15, 0.2) is 0 Å². The van der Waals surface area contributed by atoms with E-state index >= 15 is 0 Å². The molecule has 1 aliphatic carbocycles. The van der Waals surface area contributed by atoms with Crippen molar-refractivity contribution in [3.8, 4) is 5.88 Å². The van der Waals surface area contributed by atoms with Crippen LogP contribution >= 0.6 is 0 Å². The number of rotatable bonds is 2. The fraction of sp³-hybridized carbons (Fsp3) is 0.571. The molecule has 0 unspecified atom stereocenters. The van der Waals surface area contributed by atoms with Gasteiger partial charge in [0, 0.05) is 31.2 Å². The second-order valence-electron chi connectivity index (χ2n) is 5.35. The summed E-state index contributed by atoms with van der Waals surface area (Å²) in [6, 6.07) is 5.31. The first-order valence-corrected chi connectivity index (χ1v) is 6.78. The normalized spacial score (nSPS) is 21.0. The lowest BCUT2D eigenvalue weighted by molar-refractivity contribution is 0.0461. The predicted molar refractivity (Wildman–Crippen MR) is 71.3 cm³/mol. The fourth-order valence-electron chi connectivity index (χ4n) is 2.88. The third kappa shape index (κ3) is 2.30. The third-order valence-corrected chi connectivity index (χ3v) is 4.12. The molecular formula is C14H19N3O2. The number of methoxy groups -OCH3 is 1. The van der Waals surface area contributed by atoms with Crippen molar-refractivity contribution in [2.45, 2.75) is 24.8 Å². The number of hydrogen-bond acceptors (Lipinski definition) is 4. The molecule has 1 aromatic rings. The second kappa shape index (κ2) is 4.81. The largest absolute Gasteiger partial charge is 0.481 e. The number of aromatic nitrogens is 1. The monoisotopic (exact) mass is 261 g/mol. The predicted octanol–water partition coefficient (Wildman–Crippen LogP) is 1.06. The van der Waals surface area contributed by atoms with Crippen LogP contribution < -0.4 is 10.1 Å². The maximum atomic E-state index is 12.5. The van der Waals surface area contributed by atoms with E-state index in [-0.39, 0.29) is 11.4 Å². The summed E-state index contributed by atoms with van der Waals surface area (Å²) in [4.78, 5) is 18.6. The highest BCUT2D eigenvalue weighted by Gasteiger charge is 2.41. The van der Waals surface area contributed by atoms with E-state index < -0.39 is 0 Å². The van der Waals surface area contributed by atoms with Gasteiger partial charge in [0.25, 0.3) is 5.91 Å². The molecule has 1 amide bonds. The summed E-state index contributed by atoms with van der Waals surface area (Å²) in [7, 11) is 1.56. The van der Waals surface area contributed by atoms with Crippen LogP contribution in [0.5, 0.6) is 5.88 Å². The number of hydrogen-bond donors (Lipinski definition) is 1. The third-order valence-electron chi connectivity index (χ3n) is 4.12. The molecule has 2 heterocycles. The molecular weight excluding hydrogens is 242 g/mol. The van der Waals surface area contributed by atoms with Crippen LogP contribution in [0.4, 0.5) is 0 Å². The highest BCUT2D eigenvalue weighted by molar-refractivity contribution is 5.92. The molecule has 5 heteroatoms. The molecule has 1 N–H and O–H groups in total. The minimum atomic E-state index is 0.00618. The lowest BCUT2D eigenvalue weighted by Gasteiger charge is -2.49. The van der Waals surface area contributed by atoms with Crippen molar-refractivity contribution in [3.63, 3.8) is 0 Å². The van der Waals surface area contributed by atoms with E-state index in [9.17, 15) is 4.79 Å². The fourth-order valence-corrected chi connectivity index (χ4v) is 2.88. The molecule has 1 saturated heterocycles. The SMILES string of the molecule is COc1cccc(C(=O)N2CCNC3(CCC3)C2)n1. The highest BCUT2D eigenvalue weighted by atomic mass is 16.5. The van der Waals surface area contributed by atoms with Crippen molar-refractivity contribution in [2.24, 2.45) is 0 Å². The Morgan fingerprint density at radius 3 is 3.00 bits per heavy atom. The molecule has 0 aromatic carbocycles. The van der Waals surface area contributed by atoms with Crippen LogP contribution in [0.1, 0.15) is 29.8 Å². The first-order valence-electron chi connectivity index (χ1n) is 6.78. The number of carbonyl (C=O) groups is 1. The van der Waals surface area contributed by atoms with Crippen LogP contribution in [0.25, 0.3) is 0 Å². The summed E-state index contributed by atoms with van der Waals surface area (Å²) in [5, 5.41) is 3.55. The molecule has 1 aromatic heterocycles. The molecule has 2 aliphatic rings. The number of amides is 1. The number of pyridine rings is 1. The Balaban J connectivity index is 1.75. The van der Waals surface area contributed by atoms with Crippen molar-refractivity contribution in [1.82, 2.24) is 15.2 Å². The van der Waals surface area contributed by atoms with E-state index in [0.717, 1.165) is 19.6 Å². The van der Waals surface area contributed by atoms with E-state index in [1.807, 2.05) is 4.90 Å². The molecule has 102 valence electrons. The van der Waals surface area contributed by atoms with Crippen LogP contribution in [0.3, 0.4) is 0 Å². The van der Waals surface area contributed by atoms with Gasteiger partial charge in [-0.15, -0.1) is 0 Å². The number of nitrogens with zero attached hydrogens (tertiary/aromatic N) is 2.